The number of aromatic nitrogens is 2. The molecule has 1 aliphatic heterocycles. The number of esters is 1. The molecule has 0 bridgehead atoms. The molecule has 1 aromatic heterocycles. The Morgan fingerprint density at radius 1 is 1.36 bits per heavy atom. The lowest BCUT2D eigenvalue weighted by molar-refractivity contribution is -0.144. The zero-order chi connectivity index (χ0) is 18.2. The first-order valence-corrected chi connectivity index (χ1v) is 8.02. The number of carbonyl (C=O) groups excluding carboxylic acids is 2. The number of ether oxygens (including phenoxy) is 1. The quantitative estimate of drug-likeness (QED) is 0.274. The zero-order valence-electron chi connectivity index (χ0n) is 14.0. The van der Waals surface area contributed by atoms with E-state index in [0.29, 0.717) is 18.4 Å². The van der Waals surface area contributed by atoms with Crippen molar-refractivity contribution in [3.63, 3.8) is 0 Å². The molecule has 4 N–H and O–H groups in total. The molecule has 25 heavy (non-hydrogen) atoms. The maximum absolute atomic E-state index is 11.4. The highest BCUT2D eigenvalue weighted by Gasteiger charge is 2.24. The molecule has 0 aliphatic carbocycles. The molecule has 10 heteroatoms. The Kier molecular flexibility index (Phi) is 7.04. The van der Waals surface area contributed by atoms with Crippen molar-refractivity contribution in [2.75, 3.05) is 38.3 Å². The lowest BCUT2D eigenvalue weighted by Gasteiger charge is -2.32. The van der Waals surface area contributed by atoms with E-state index in [1.165, 1.54) is 25.0 Å². The third kappa shape index (κ3) is 5.08. The Hall–Kier alpha value is -2.30. The SMILES string of the molecule is COC(=O)[C@H](CO)NCC1CCN(c2ncc(C(=O)NO)cn2)CC1. The fourth-order valence-corrected chi connectivity index (χ4v) is 2.68. The number of piperidine rings is 1. The molecule has 138 valence electrons. The first-order valence-electron chi connectivity index (χ1n) is 8.02. The normalized spacial score (nSPS) is 16.4. The summed E-state index contributed by atoms with van der Waals surface area (Å²) in [6, 6.07) is -0.698. The van der Waals surface area contributed by atoms with Crippen molar-refractivity contribution in [3.05, 3.63) is 18.0 Å². The van der Waals surface area contributed by atoms with Crippen LogP contribution in [0.5, 0.6) is 0 Å². The van der Waals surface area contributed by atoms with Crippen LogP contribution in [0.1, 0.15) is 23.2 Å². The Labute approximate surface area is 145 Å². The van der Waals surface area contributed by atoms with Crippen molar-refractivity contribution in [3.8, 4) is 0 Å². The lowest BCUT2D eigenvalue weighted by atomic mass is 9.96. The lowest BCUT2D eigenvalue weighted by Crippen LogP contribution is -2.45. The molecule has 2 rings (SSSR count). The molecule has 1 amide bonds. The van der Waals surface area contributed by atoms with Crippen molar-refractivity contribution in [2.45, 2.75) is 18.9 Å². The standard InChI is InChI=1S/C15H23N5O5/c1-25-14(23)12(9-21)16-6-10-2-4-20(5-3-10)15-17-7-11(8-18-15)13(22)19-24/h7-8,10,12,16,21,24H,2-6,9H2,1H3,(H,19,22)/t12-/m0/s1. The Morgan fingerprint density at radius 2 is 2.00 bits per heavy atom. The van der Waals surface area contributed by atoms with Gasteiger partial charge < -0.3 is 20.1 Å². The minimum atomic E-state index is -0.698. The Bertz CT molecular complexity index is 574. The van der Waals surface area contributed by atoms with Crippen molar-refractivity contribution in [2.24, 2.45) is 5.92 Å². The second kappa shape index (κ2) is 9.25. The van der Waals surface area contributed by atoms with E-state index >= 15 is 0 Å². The second-order valence-electron chi connectivity index (χ2n) is 5.81. The average Bonchev–Trinajstić information content (AvgIpc) is 2.68. The zero-order valence-corrected chi connectivity index (χ0v) is 14.0. The van der Waals surface area contributed by atoms with Crippen LogP contribution in [0.4, 0.5) is 5.95 Å². The highest BCUT2D eigenvalue weighted by molar-refractivity contribution is 5.92. The molecule has 0 unspecified atom stereocenters. The minimum absolute atomic E-state index is 0.184. The largest absolute Gasteiger partial charge is 0.468 e. The van der Waals surface area contributed by atoms with Crippen LogP contribution in [0.15, 0.2) is 12.4 Å². The number of hydrogen-bond donors (Lipinski definition) is 4. The van der Waals surface area contributed by atoms with Crippen LogP contribution >= 0.6 is 0 Å². The number of aliphatic hydroxyl groups is 1. The number of carbonyl (C=O) groups is 2. The molecule has 0 radical (unpaired) electrons. The Balaban J connectivity index is 1.81. The molecule has 10 nitrogen and oxygen atoms in total. The van der Waals surface area contributed by atoms with Gasteiger partial charge in [0, 0.05) is 25.5 Å². The summed E-state index contributed by atoms with van der Waals surface area (Å²) in [5.41, 5.74) is 1.72. The third-order valence-corrected chi connectivity index (χ3v) is 4.22. The first-order chi connectivity index (χ1) is 12.1. The van der Waals surface area contributed by atoms with E-state index in [1.807, 2.05) is 4.90 Å². The molecule has 0 spiro atoms. The fraction of sp³-hybridized carbons (Fsp3) is 0.600. The van der Waals surface area contributed by atoms with Gasteiger partial charge in [-0.1, -0.05) is 0 Å². The van der Waals surface area contributed by atoms with Gasteiger partial charge in [0.05, 0.1) is 19.3 Å². The molecule has 2 heterocycles. The maximum atomic E-state index is 11.4. The summed E-state index contributed by atoms with van der Waals surface area (Å²) in [6.07, 6.45) is 4.50. The molecule has 1 aliphatic rings. The minimum Gasteiger partial charge on any atom is -0.468 e. The van der Waals surface area contributed by atoms with Crippen LogP contribution in [-0.2, 0) is 9.53 Å². The smallest absolute Gasteiger partial charge is 0.325 e. The van der Waals surface area contributed by atoms with Gasteiger partial charge in [0.1, 0.15) is 6.04 Å². The van der Waals surface area contributed by atoms with E-state index < -0.39 is 17.9 Å². The number of hydrogen-bond acceptors (Lipinski definition) is 9. The summed E-state index contributed by atoms with van der Waals surface area (Å²) in [4.78, 5) is 33.0. The van der Waals surface area contributed by atoms with E-state index in [4.69, 9.17) is 5.21 Å². The van der Waals surface area contributed by atoms with E-state index in [-0.39, 0.29) is 12.2 Å². The van der Waals surface area contributed by atoms with Crippen LogP contribution in [-0.4, -0.2) is 71.6 Å². The van der Waals surface area contributed by atoms with Crippen LogP contribution in [0.3, 0.4) is 0 Å². The number of nitrogens with zero attached hydrogens (tertiary/aromatic N) is 3. The molecule has 1 aromatic rings. The molecular formula is C15H23N5O5. The van der Waals surface area contributed by atoms with Gasteiger partial charge in [0.25, 0.3) is 5.91 Å². The number of nitrogens with one attached hydrogen (secondary N) is 2. The number of anilines is 1. The van der Waals surface area contributed by atoms with Crippen molar-refractivity contribution < 1.29 is 24.6 Å². The van der Waals surface area contributed by atoms with E-state index in [2.05, 4.69) is 20.0 Å². The van der Waals surface area contributed by atoms with Crippen LogP contribution in [0.2, 0.25) is 0 Å². The fourth-order valence-electron chi connectivity index (χ4n) is 2.68. The van der Waals surface area contributed by atoms with E-state index in [0.717, 1.165) is 25.9 Å². The van der Waals surface area contributed by atoms with Gasteiger partial charge in [-0.3, -0.25) is 14.8 Å². The molecule has 1 fully saturated rings. The van der Waals surface area contributed by atoms with Crippen LogP contribution < -0.4 is 15.7 Å². The first kappa shape index (κ1) is 19.0. The van der Waals surface area contributed by atoms with Crippen LogP contribution in [0.25, 0.3) is 0 Å². The summed E-state index contributed by atoms with van der Waals surface area (Å²) in [5, 5.41) is 20.8. The van der Waals surface area contributed by atoms with Gasteiger partial charge in [-0.15, -0.1) is 0 Å². The number of amides is 1. The summed E-state index contributed by atoms with van der Waals surface area (Å²) in [7, 11) is 1.29. The van der Waals surface area contributed by atoms with Gasteiger partial charge >= 0.3 is 5.97 Å². The predicted octanol–water partition coefficient (Wildman–Crippen LogP) is -1.06. The summed E-state index contributed by atoms with van der Waals surface area (Å²) >= 11 is 0. The molecule has 1 atom stereocenters. The predicted molar refractivity (Wildman–Crippen MR) is 87.1 cm³/mol. The van der Waals surface area contributed by atoms with Gasteiger partial charge in [-0.05, 0) is 25.3 Å². The van der Waals surface area contributed by atoms with Crippen molar-refractivity contribution in [1.29, 1.82) is 0 Å². The molecular weight excluding hydrogens is 330 g/mol. The van der Waals surface area contributed by atoms with Gasteiger partial charge in [-0.25, -0.2) is 15.4 Å². The van der Waals surface area contributed by atoms with E-state index in [9.17, 15) is 14.7 Å². The molecule has 1 saturated heterocycles. The average molecular weight is 353 g/mol. The number of methoxy groups -OCH3 is 1. The monoisotopic (exact) mass is 353 g/mol. The third-order valence-electron chi connectivity index (χ3n) is 4.22. The summed E-state index contributed by atoms with van der Waals surface area (Å²) in [6.45, 7) is 1.82. The van der Waals surface area contributed by atoms with Crippen molar-refractivity contribution in [1.82, 2.24) is 20.8 Å². The van der Waals surface area contributed by atoms with Crippen molar-refractivity contribution >= 4 is 17.8 Å². The molecule has 0 saturated carbocycles. The van der Waals surface area contributed by atoms with Crippen LogP contribution in [0, 0.1) is 5.92 Å². The topological polar surface area (TPSA) is 137 Å². The summed E-state index contributed by atoms with van der Waals surface area (Å²) in [5.74, 6) is -0.223. The number of hydroxylamine groups is 1. The molecule has 0 aromatic carbocycles. The van der Waals surface area contributed by atoms with Gasteiger partial charge in [0.2, 0.25) is 5.95 Å². The second-order valence-corrected chi connectivity index (χ2v) is 5.81. The Morgan fingerprint density at radius 3 is 2.52 bits per heavy atom. The van der Waals surface area contributed by atoms with E-state index in [1.54, 1.807) is 0 Å². The summed E-state index contributed by atoms with van der Waals surface area (Å²) < 4.78 is 4.62. The van der Waals surface area contributed by atoms with Gasteiger partial charge in [0.15, 0.2) is 0 Å². The highest BCUT2D eigenvalue weighted by atomic mass is 16.5. The number of aliphatic hydroxyl groups excluding tert-OH is 1. The highest BCUT2D eigenvalue weighted by Crippen LogP contribution is 2.20. The number of rotatable bonds is 7. The maximum Gasteiger partial charge on any atom is 0.325 e. The van der Waals surface area contributed by atoms with Gasteiger partial charge in [-0.2, -0.15) is 0 Å².